The van der Waals surface area contributed by atoms with E-state index in [4.69, 9.17) is 4.74 Å². The van der Waals surface area contributed by atoms with E-state index < -0.39 is 17.7 Å². The number of aliphatic hydroxyl groups excluding tert-OH is 1. The van der Waals surface area contributed by atoms with Crippen LogP contribution in [0.4, 0.5) is 0 Å². The smallest absolute Gasteiger partial charge is 0.295 e. The van der Waals surface area contributed by atoms with Crippen molar-refractivity contribution < 1.29 is 24.5 Å². The van der Waals surface area contributed by atoms with Crippen LogP contribution in [-0.4, -0.2) is 40.5 Å². The summed E-state index contributed by atoms with van der Waals surface area (Å²) in [5.41, 5.74) is 1.07. The molecule has 1 aliphatic heterocycles. The number of hydrogen-bond acceptors (Lipinski definition) is 5. The summed E-state index contributed by atoms with van der Waals surface area (Å²) in [5, 5.41) is 20.4. The molecule has 3 rings (SSSR count). The van der Waals surface area contributed by atoms with Crippen LogP contribution >= 0.6 is 0 Å². The van der Waals surface area contributed by atoms with Gasteiger partial charge in [0.25, 0.3) is 11.7 Å². The van der Waals surface area contributed by atoms with Gasteiger partial charge in [-0.25, -0.2) is 0 Å². The molecule has 2 N–H and O–H groups in total. The van der Waals surface area contributed by atoms with E-state index in [1.165, 1.54) is 24.1 Å². The highest BCUT2D eigenvalue weighted by Gasteiger charge is 2.45. The maximum Gasteiger partial charge on any atom is 0.295 e. The third-order valence-electron chi connectivity index (χ3n) is 4.56. The number of likely N-dealkylation sites (tertiary alicyclic amines) is 1. The normalized spacial score (nSPS) is 18.7. The van der Waals surface area contributed by atoms with E-state index in [1.807, 2.05) is 6.92 Å². The molecule has 0 spiro atoms. The molecule has 1 aliphatic rings. The van der Waals surface area contributed by atoms with Crippen LogP contribution < -0.4 is 4.74 Å². The quantitative estimate of drug-likeness (QED) is 0.481. The van der Waals surface area contributed by atoms with Crippen molar-refractivity contribution >= 4 is 17.4 Å². The van der Waals surface area contributed by atoms with Crippen LogP contribution in [0.5, 0.6) is 11.5 Å². The number of ketones is 1. The van der Waals surface area contributed by atoms with Gasteiger partial charge in [-0.2, -0.15) is 0 Å². The number of carbonyl (C=O) groups is 2. The number of hydrogen-bond donors (Lipinski definition) is 2. The fourth-order valence-corrected chi connectivity index (χ4v) is 3.28. The molecule has 0 radical (unpaired) electrons. The minimum absolute atomic E-state index is 0.0346. The number of phenolic OH excluding ortho intramolecular Hbond substituents is 1. The van der Waals surface area contributed by atoms with E-state index >= 15 is 0 Å². The van der Waals surface area contributed by atoms with Gasteiger partial charge < -0.3 is 19.8 Å². The second-order valence-electron chi connectivity index (χ2n) is 6.32. The van der Waals surface area contributed by atoms with Gasteiger partial charge in [-0.05, 0) is 36.2 Å². The Bertz CT molecular complexity index is 901. The summed E-state index contributed by atoms with van der Waals surface area (Å²) in [4.78, 5) is 26.8. The molecule has 1 atom stereocenters. The molecule has 6 nitrogen and oxygen atoms in total. The number of aromatic hydroxyl groups is 1. The van der Waals surface area contributed by atoms with Crippen LogP contribution in [0.3, 0.4) is 0 Å². The van der Waals surface area contributed by atoms with Crippen molar-refractivity contribution in [3.05, 3.63) is 65.2 Å². The van der Waals surface area contributed by atoms with Crippen molar-refractivity contribution in [1.82, 2.24) is 4.90 Å². The molecule has 27 heavy (non-hydrogen) atoms. The summed E-state index contributed by atoms with van der Waals surface area (Å²) in [6, 6.07) is 12.3. The first kappa shape index (κ1) is 18.5. The van der Waals surface area contributed by atoms with Crippen molar-refractivity contribution in [3.63, 3.8) is 0 Å². The zero-order valence-corrected chi connectivity index (χ0v) is 15.2. The van der Waals surface area contributed by atoms with Gasteiger partial charge in [0.05, 0.1) is 18.7 Å². The molecule has 140 valence electrons. The Morgan fingerprint density at radius 1 is 1.15 bits per heavy atom. The van der Waals surface area contributed by atoms with Gasteiger partial charge in [0.2, 0.25) is 0 Å². The van der Waals surface area contributed by atoms with Gasteiger partial charge >= 0.3 is 0 Å². The molecule has 0 aliphatic carbocycles. The summed E-state index contributed by atoms with van der Waals surface area (Å²) in [6.45, 7) is 2.29. The van der Waals surface area contributed by atoms with Crippen LogP contribution in [0, 0.1) is 0 Å². The zero-order valence-electron chi connectivity index (χ0n) is 15.2. The lowest BCUT2D eigenvalue weighted by Gasteiger charge is -2.24. The lowest BCUT2D eigenvalue weighted by Crippen LogP contribution is -2.30. The lowest BCUT2D eigenvalue weighted by atomic mass is 9.95. The van der Waals surface area contributed by atoms with Crippen molar-refractivity contribution in [2.24, 2.45) is 0 Å². The van der Waals surface area contributed by atoms with E-state index in [1.54, 1.807) is 36.4 Å². The first-order valence-corrected chi connectivity index (χ1v) is 8.69. The maximum absolute atomic E-state index is 12.7. The Balaban J connectivity index is 2.18. The molecule has 1 saturated heterocycles. The zero-order chi connectivity index (χ0) is 19.6. The summed E-state index contributed by atoms with van der Waals surface area (Å²) in [5.74, 6) is -0.993. The molecule has 0 bridgehead atoms. The van der Waals surface area contributed by atoms with Crippen LogP contribution in [0.25, 0.3) is 5.76 Å². The number of Topliss-reactive ketones (excluding diaryl/α,β-unsaturated/α-hetero) is 1. The van der Waals surface area contributed by atoms with E-state index in [0.29, 0.717) is 29.8 Å². The van der Waals surface area contributed by atoms with Gasteiger partial charge in [-0.1, -0.05) is 31.2 Å². The first-order valence-electron chi connectivity index (χ1n) is 8.69. The van der Waals surface area contributed by atoms with Gasteiger partial charge in [0.1, 0.15) is 17.3 Å². The Labute approximate surface area is 157 Å². The minimum atomic E-state index is -0.721. The van der Waals surface area contributed by atoms with Crippen molar-refractivity contribution in [1.29, 1.82) is 0 Å². The Morgan fingerprint density at radius 3 is 2.48 bits per heavy atom. The number of phenols is 1. The lowest BCUT2D eigenvalue weighted by molar-refractivity contribution is -0.139. The molecule has 2 aromatic rings. The van der Waals surface area contributed by atoms with E-state index in [-0.39, 0.29) is 17.1 Å². The van der Waals surface area contributed by atoms with E-state index in [2.05, 4.69) is 0 Å². The van der Waals surface area contributed by atoms with Crippen LogP contribution in [0.1, 0.15) is 30.5 Å². The second-order valence-corrected chi connectivity index (χ2v) is 6.32. The number of methoxy groups -OCH3 is 1. The number of ether oxygens (including phenoxy) is 1. The average molecular weight is 367 g/mol. The molecule has 6 heteroatoms. The number of aliphatic hydroxyl groups is 1. The molecule has 1 fully saturated rings. The summed E-state index contributed by atoms with van der Waals surface area (Å²) >= 11 is 0. The molecule has 1 unspecified atom stereocenters. The fraction of sp³-hybridized carbons (Fsp3) is 0.238. The number of carbonyl (C=O) groups excluding carboxylic acids is 2. The molecular weight excluding hydrogens is 346 g/mol. The van der Waals surface area contributed by atoms with Crippen LogP contribution in [-0.2, 0) is 9.59 Å². The molecule has 0 saturated carbocycles. The second kappa shape index (κ2) is 7.53. The predicted octanol–water partition coefficient (Wildman–Crippen LogP) is 3.23. The average Bonchev–Trinajstić information content (AvgIpc) is 2.93. The number of rotatable bonds is 5. The number of benzene rings is 2. The molecule has 1 heterocycles. The highest BCUT2D eigenvalue weighted by atomic mass is 16.5. The minimum Gasteiger partial charge on any atom is -0.508 e. The SMILES string of the molecule is CCCN1C(=O)C(=O)/C(=C(\O)c2cccc(OC)c2)C1c1ccc(O)cc1. The number of amides is 1. The molecule has 2 aromatic carbocycles. The van der Waals surface area contributed by atoms with E-state index in [9.17, 15) is 19.8 Å². The molecule has 0 aromatic heterocycles. The summed E-state index contributed by atoms with van der Waals surface area (Å²) < 4.78 is 5.18. The first-order chi connectivity index (χ1) is 13.0. The van der Waals surface area contributed by atoms with Gasteiger partial charge in [-0.3, -0.25) is 9.59 Å². The largest absolute Gasteiger partial charge is 0.508 e. The summed E-state index contributed by atoms with van der Waals surface area (Å²) in [7, 11) is 1.51. The van der Waals surface area contributed by atoms with Gasteiger partial charge in [-0.15, -0.1) is 0 Å². The standard InChI is InChI=1S/C21H21NO5/c1-3-11-22-18(13-7-9-15(23)10-8-13)17(20(25)21(22)26)19(24)14-5-4-6-16(12-14)27-2/h4-10,12,18,23-24H,3,11H2,1-2H3/b19-17-. The van der Waals surface area contributed by atoms with Crippen molar-refractivity contribution in [2.75, 3.05) is 13.7 Å². The molecular formula is C21H21NO5. The summed E-state index contributed by atoms with van der Waals surface area (Å²) in [6.07, 6.45) is 0.667. The third-order valence-corrected chi connectivity index (χ3v) is 4.56. The monoisotopic (exact) mass is 367 g/mol. The maximum atomic E-state index is 12.7. The topological polar surface area (TPSA) is 87.1 Å². The molecule has 1 amide bonds. The van der Waals surface area contributed by atoms with Crippen LogP contribution in [0.15, 0.2) is 54.1 Å². The van der Waals surface area contributed by atoms with Gasteiger partial charge in [0.15, 0.2) is 0 Å². The Kier molecular flexibility index (Phi) is 5.16. The van der Waals surface area contributed by atoms with Crippen molar-refractivity contribution in [3.8, 4) is 11.5 Å². The Hall–Kier alpha value is -3.28. The van der Waals surface area contributed by atoms with E-state index in [0.717, 1.165) is 0 Å². The number of nitrogens with zero attached hydrogens (tertiary/aromatic N) is 1. The highest BCUT2D eigenvalue weighted by molar-refractivity contribution is 6.46. The van der Waals surface area contributed by atoms with Crippen LogP contribution in [0.2, 0.25) is 0 Å². The fourth-order valence-electron chi connectivity index (χ4n) is 3.28. The van der Waals surface area contributed by atoms with Gasteiger partial charge in [0, 0.05) is 12.1 Å². The third kappa shape index (κ3) is 3.38. The Morgan fingerprint density at radius 2 is 1.85 bits per heavy atom. The highest BCUT2D eigenvalue weighted by Crippen LogP contribution is 2.40. The van der Waals surface area contributed by atoms with Crippen molar-refractivity contribution in [2.45, 2.75) is 19.4 Å². The predicted molar refractivity (Wildman–Crippen MR) is 100 cm³/mol.